The van der Waals surface area contributed by atoms with Crippen LogP contribution in [0.1, 0.15) is 31.2 Å². The molecule has 0 aliphatic carbocycles. The van der Waals surface area contributed by atoms with Crippen molar-refractivity contribution in [1.82, 2.24) is 5.32 Å². The van der Waals surface area contributed by atoms with Gasteiger partial charge in [0.25, 0.3) is 0 Å². The number of halogens is 1. The van der Waals surface area contributed by atoms with E-state index in [0.29, 0.717) is 6.61 Å². The number of hydrogen-bond donors (Lipinski definition) is 1. The van der Waals surface area contributed by atoms with Gasteiger partial charge in [-0.25, -0.2) is 0 Å². The highest BCUT2D eigenvalue weighted by atomic mass is 35.5. The van der Waals surface area contributed by atoms with E-state index in [0.717, 1.165) is 18.8 Å². The second kappa shape index (κ2) is 12.0. The summed E-state index contributed by atoms with van der Waals surface area (Å²) in [7, 11) is 0. The first-order valence-electron chi connectivity index (χ1n) is 9.70. The number of benzene rings is 1. The minimum Gasteiger partial charge on any atom is -0.488 e. The highest BCUT2D eigenvalue weighted by molar-refractivity contribution is 7.10. The summed E-state index contributed by atoms with van der Waals surface area (Å²) in [5.41, 5.74) is 3.81. The van der Waals surface area contributed by atoms with E-state index in [4.69, 9.17) is 4.74 Å². The summed E-state index contributed by atoms with van der Waals surface area (Å²) < 4.78 is 6.01. The van der Waals surface area contributed by atoms with Crippen LogP contribution in [0.15, 0.2) is 64.7 Å². The lowest BCUT2D eigenvalue weighted by Gasteiger charge is -2.07. The maximum absolute atomic E-state index is 6.01. The molecular weight excluding hydrogens is 430 g/mol. The number of allylic oxidation sites excluding steroid dienone is 1. The summed E-state index contributed by atoms with van der Waals surface area (Å²) in [6, 6.07) is 12.6. The van der Waals surface area contributed by atoms with Gasteiger partial charge in [-0.1, -0.05) is 30.0 Å². The van der Waals surface area contributed by atoms with E-state index in [2.05, 4.69) is 84.4 Å². The van der Waals surface area contributed by atoms with Gasteiger partial charge in [0.1, 0.15) is 12.4 Å². The predicted molar refractivity (Wildman–Crippen MR) is 134 cm³/mol. The zero-order chi connectivity index (χ0) is 20.5. The molecule has 30 heavy (non-hydrogen) atoms. The maximum atomic E-state index is 6.01. The SMILES string of the molecule is CC(C)(C)C#CC=CCNCc1cccc(OCc2cc(-c3ccsc3)cs2)c1.Cl. The standard InChI is InChI=1S/C25H27NOS2.ClH/c1-25(2,3)11-5-4-6-12-26-16-20-8-7-9-23(14-20)27-17-24-15-22(19-29-24)21-10-13-28-18-21;/h4,6-10,13-15,18-19,26H,12,16-17H2,1-3H3;1H. The molecule has 0 aliphatic rings. The smallest absolute Gasteiger partial charge is 0.122 e. The molecule has 2 heterocycles. The van der Waals surface area contributed by atoms with E-state index >= 15 is 0 Å². The molecule has 1 aromatic carbocycles. The first-order valence-corrected chi connectivity index (χ1v) is 11.5. The van der Waals surface area contributed by atoms with Crippen LogP contribution in [-0.4, -0.2) is 6.54 Å². The highest BCUT2D eigenvalue weighted by Crippen LogP contribution is 2.28. The molecule has 0 bridgehead atoms. The molecule has 0 radical (unpaired) electrons. The van der Waals surface area contributed by atoms with Gasteiger partial charge in [0.15, 0.2) is 0 Å². The van der Waals surface area contributed by atoms with Crippen molar-refractivity contribution < 1.29 is 4.74 Å². The Balaban J connectivity index is 0.00000320. The van der Waals surface area contributed by atoms with E-state index in [-0.39, 0.29) is 17.8 Å². The molecule has 3 aromatic rings. The quantitative estimate of drug-likeness (QED) is 0.286. The van der Waals surface area contributed by atoms with Crippen molar-refractivity contribution in [2.75, 3.05) is 6.54 Å². The molecule has 5 heteroatoms. The van der Waals surface area contributed by atoms with E-state index < -0.39 is 0 Å². The van der Waals surface area contributed by atoms with Crippen molar-refractivity contribution in [3.05, 3.63) is 75.1 Å². The van der Waals surface area contributed by atoms with Crippen molar-refractivity contribution in [2.45, 2.75) is 33.9 Å². The van der Waals surface area contributed by atoms with Crippen molar-refractivity contribution in [3.8, 4) is 28.7 Å². The molecule has 0 saturated heterocycles. The Hall–Kier alpha value is -2.03. The van der Waals surface area contributed by atoms with Gasteiger partial charge < -0.3 is 10.1 Å². The minimum absolute atomic E-state index is 0. The van der Waals surface area contributed by atoms with Crippen LogP contribution >= 0.6 is 35.1 Å². The maximum Gasteiger partial charge on any atom is 0.122 e. The molecule has 1 N–H and O–H groups in total. The Morgan fingerprint density at radius 2 is 1.97 bits per heavy atom. The van der Waals surface area contributed by atoms with Gasteiger partial charge in [0.2, 0.25) is 0 Å². The van der Waals surface area contributed by atoms with Crippen LogP contribution in [0.2, 0.25) is 0 Å². The Morgan fingerprint density at radius 1 is 1.10 bits per heavy atom. The molecule has 158 valence electrons. The number of nitrogens with one attached hydrogen (secondary N) is 1. The van der Waals surface area contributed by atoms with Crippen molar-refractivity contribution >= 4 is 35.1 Å². The third-order valence-corrected chi connectivity index (χ3v) is 5.62. The minimum atomic E-state index is 0. The van der Waals surface area contributed by atoms with Gasteiger partial charge >= 0.3 is 0 Å². The van der Waals surface area contributed by atoms with Crippen molar-refractivity contribution in [3.63, 3.8) is 0 Å². The lowest BCUT2D eigenvalue weighted by atomic mass is 9.98. The predicted octanol–water partition coefficient (Wildman–Crippen LogP) is 7.17. The van der Waals surface area contributed by atoms with Crippen LogP contribution in [0.25, 0.3) is 11.1 Å². The summed E-state index contributed by atoms with van der Waals surface area (Å²) in [6.07, 6.45) is 3.98. The van der Waals surface area contributed by atoms with Gasteiger partial charge in [-0.05, 0) is 83.9 Å². The van der Waals surface area contributed by atoms with Gasteiger partial charge in [-0.3, -0.25) is 0 Å². The van der Waals surface area contributed by atoms with E-state index in [1.165, 1.54) is 21.6 Å². The molecule has 0 fully saturated rings. The van der Waals surface area contributed by atoms with Gasteiger partial charge in [0.05, 0.1) is 0 Å². The summed E-state index contributed by atoms with van der Waals surface area (Å²) >= 11 is 3.47. The third-order valence-electron chi connectivity index (χ3n) is 4.03. The summed E-state index contributed by atoms with van der Waals surface area (Å²) in [6.45, 7) is 8.54. The molecule has 0 unspecified atom stereocenters. The second-order valence-electron chi connectivity index (χ2n) is 7.80. The Bertz CT molecular complexity index is 988. The molecular formula is C25H28ClNOS2. The summed E-state index contributed by atoms with van der Waals surface area (Å²) in [5.74, 6) is 7.19. The summed E-state index contributed by atoms with van der Waals surface area (Å²) in [5, 5.41) is 9.89. The molecule has 2 aromatic heterocycles. The van der Waals surface area contributed by atoms with Crippen LogP contribution < -0.4 is 10.1 Å². The Labute approximate surface area is 194 Å². The van der Waals surface area contributed by atoms with E-state index in [9.17, 15) is 0 Å². The highest BCUT2D eigenvalue weighted by Gasteiger charge is 2.05. The number of ether oxygens (including phenoxy) is 1. The van der Waals surface area contributed by atoms with E-state index in [1.807, 2.05) is 18.2 Å². The Morgan fingerprint density at radius 3 is 2.73 bits per heavy atom. The molecule has 2 nitrogen and oxygen atoms in total. The fourth-order valence-electron chi connectivity index (χ4n) is 2.61. The topological polar surface area (TPSA) is 21.3 Å². The van der Waals surface area contributed by atoms with Gasteiger partial charge in [-0.15, -0.1) is 23.7 Å². The largest absolute Gasteiger partial charge is 0.488 e. The van der Waals surface area contributed by atoms with E-state index in [1.54, 1.807) is 22.7 Å². The first-order chi connectivity index (χ1) is 14.0. The van der Waals surface area contributed by atoms with Crippen molar-refractivity contribution in [1.29, 1.82) is 0 Å². The lowest BCUT2D eigenvalue weighted by molar-refractivity contribution is 0.309. The van der Waals surface area contributed by atoms with Crippen LogP contribution in [0.4, 0.5) is 0 Å². The number of thiophene rings is 2. The zero-order valence-corrected chi connectivity index (χ0v) is 20.1. The molecule has 0 amide bonds. The number of hydrogen-bond acceptors (Lipinski definition) is 4. The van der Waals surface area contributed by atoms with Crippen LogP contribution in [-0.2, 0) is 13.2 Å². The van der Waals surface area contributed by atoms with Gasteiger partial charge in [-0.2, -0.15) is 11.3 Å². The first kappa shape index (κ1) is 24.2. The average molecular weight is 458 g/mol. The average Bonchev–Trinajstić information content (AvgIpc) is 3.37. The van der Waals surface area contributed by atoms with Crippen LogP contribution in [0.3, 0.4) is 0 Å². The fraction of sp³-hybridized carbons (Fsp3) is 0.280. The third kappa shape index (κ3) is 8.38. The second-order valence-corrected chi connectivity index (χ2v) is 9.58. The Kier molecular flexibility index (Phi) is 9.68. The fourth-order valence-corrected chi connectivity index (χ4v) is 4.08. The normalized spacial score (nSPS) is 11.0. The number of rotatable bonds is 8. The van der Waals surface area contributed by atoms with Crippen LogP contribution in [0, 0.1) is 17.3 Å². The lowest BCUT2D eigenvalue weighted by Crippen LogP contribution is -2.12. The van der Waals surface area contributed by atoms with Gasteiger partial charge in [0, 0.05) is 23.4 Å². The molecule has 0 atom stereocenters. The molecule has 0 spiro atoms. The molecule has 0 saturated carbocycles. The van der Waals surface area contributed by atoms with Crippen molar-refractivity contribution in [2.24, 2.45) is 5.41 Å². The molecule has 3 rings (SSSR count). The van der Waals surface area contributed by atoms with Crippen LogP contribution in [0.5, 0.6) is 5.75 Å². The zero-order valence-electron chi connectivity index (χ0n) is 17.6. The monoisotopic (exact) mass is 457 g/mol. The molecule has 0 aliphatic heterocycles. The summed E-state index contributed by atoms with van der Waals surface area (Å²) in [4.78, 5) is 1.23.